The Kier molecular flexibility index (Phi) is 8.14. The van der Waals surface area contributed by atoms with Gasteiger partial charge in [-0.15, -0.1) is 0 Å². The lowest BCUT2D eigenvalue weighted by Gasteiger charge is -2.18. The Hall–Kier alpha value is -4.27. The van der Waals surface area contributed by atoms with Crippen LogP contribution < -0.4 is 10.6 Å². The number of aromatic nitrogens is 2. The Balaban J connectivity index is 1.65. The van der Waals surface area contributed by atoms with E-state index in [-0.39, 0.29) is 30.1 Å². The number of benzene rings is 2. The molecule has 3 amide bonds. The number of likely N-dealkylation sites (N-methyl/N-ethyl adjacent to an activating group) is 1. The van der Waals surface area contributed by atoms with Gasteiger partial charge in [0, 0.05) is 42.2 Å². The summed E-state index contributed by atoms with van der Waals surface area (Å²) < 4.78 is 14.9. The van der Waals surface area contributed by atoms with Gasteiger partial charge in [0.15, 0.2) is 0 Å². The fraction of sp³-hybridized carbons (Fsp3) is 0.231. The zero-order chi connectivity index (χ0) is 25.5. The van der Waals surface area contributed by atoms with E-state index < -0.39 is 0 Å². The number of nitrogens with one attached hydrogen (secondary N) is 2. The number of carbonyl (C=O) groups excluding carboxylic acids is 3. The average Bonchev–Trinajstić information content (AvgIpc) is 3.10. The van der Waals surface area contributed by atoms with Crippen LogP contribution in [0.15, 0.2) is 54.6 Å². The van der Waals surface area contributed by atoms with Crippen LogP contribution in [0, 0.1) is 19.7 Å². The highest BCUT2D eigenvalue weighted by Gasteiger charge is 2.15. The van der Waals surface area contributed by atoms with Crippen molar-refractivity contribution in [1.29, 1.82) is 0 Å². The first-order chi connectivity index (χ1) is 16.7. The Bertz CT molecular complexity index is 1250. The third kappa shape index (κ3) is 6.63. The number of nitrogens with zero attached hydrogens (tertiary/aromatic N) is 3. The summed E-state index contributed by atoms with van der Waals surface area (Å²) in [5.41, 5.74) is 4.21. The molecule has 0 aliphatic carbocycles. The van der Waals surface area contributed by atoms with E-state index in [1.807, 2.05) is 13.8 Å². The molecular formula is C26H28FN5O3. The summed E-state index contributed by atoms with van der Waals surface area (Å²) >= 11 is 0. The first kappa shape index (κ1) is 25.4. The molecule has 0 unspecified atom stereocenters. The van der Waals surface area contributed by atoms with Gasteiger partial charge in [0.25, 0.3) is 0 Å². The lowest BCUT2D eigenvalue weighted by atomic mass is 10.1. The largest absolute Gasteiger partial charge is 0.330 e. The molecule has 0 spiro atoms. The SMILES string of the molecule is CCN(CC(=O)Nc1ccc(NC(C)=O)cc1)C(=O)/C=C\c1c(C)nn(-c2ccc(F)cc2)c1C. The Morgan fingerprint density at radius 3 is 2.17 bits per heavy atom. The Labute approximate surface area is 203 Å². The normalized spacial score (nSPS) is 10.9. The molecule has 1 aromatic heterocycles. The van der Waals surface area contributed by atoms with E-state index in [1.54, 1.807) is 54.1 Å². The van der Waals surface area contributed by atoms with Crippen LogP contribution in [0.3, 0.4) is 0 Å². The lowest BCUT2D eigenvalue weighted by Crippen LogP contribution is -2.36. The molecule has 0 radical (unpaired) electrons. The highest BCUT2D eigenvalue weighted by atomic mass is 19.1. The van der Waals surface area contributed by atoms with E-state index in [2.05, 4.69) is 15.7 Å². The molecule has 0 aliphatic rings. The van der Waals surface area contributed by atoms with Crippen molar-refractivity contribution in [3.8, 4) is 5.69 Å². The van der Waals surface area contributed by atoms with Gasteiger partial charge in [-0.25, -0.2) is 9.07 Å². The molecular weight excluding hydrogens is 449 g/mol. The summed E-state index contributed by atoms with van der Waals surface area (Å²) in [7, 11) is 0. The Morgan fingerprint density at radius 1 is 1.00 bits per heavy atom. The summed E-state index contributed by atoms with van der Waals surface area (Å²) in [5.74, 6) is -1.15. The minimum atomic E-state index is -0.336. The zero-order valence-corrected chi connectivity index (χ0v) is 20.1. The third-order valence-electron chi connectivity index (χ3n) is 5.33. The summed E-state index contributed by atoms with van der Waals surface area (Å²) in [5, 5.41) is 9.91. The molecule has 182 valence electrons. The van der Waals surface area contributed by atoms with Gasteiger partial charge in [-0.2, -0.15) is 5.10 Å². The van der Waals surface area contributed by atoms with E-state index in [1.165, 1.54) is 30.0 Å². The van der Waals surface area contributed by atoms with E-state index in [0.29, 0.717) is 17.9 Å². The molecule has 0 saturated carbocycles. The standard InChI is InChI=1S/C26H28FN5O3/c1-5-31(16-25(34)29-22-10-8-21(9-11-22)28-19(4)33)26(35)15-14-24-17(2)30-32(18(24)3)23-12-6-20(27)7-13-23/h6-15H,5,16H2,1-4H3,(H,28,33)(H,29,34)/b15-14-. The first-order valence-corrected chi connectivity index (χ1v) is 11.1. The molecule has 2 N–H and O–H groups in total. The minimum Gasteiger partial charge on any atom is -0.330 e. The third-order valence-corrected chi connectivity index (χ3v) is 5.33. The van der Waals surface area contributed by atoms with Gasteiger partial charge in [0.2, 0.25) is 17.7 Å². The second kappa shape index (κ2) is 11.2. The van der Waals surface area contributed by atoms with E-state index in [0.717, 1.165) is 22.6 Å². The van der Waals surface area contributed by atoms with Crippen LogP contribution in [0.1, 0.15) is 30.8 Å². The molecule has 0 aliphatic heterocycles. The topological polar surface area (TPSA) is 96.3 Å². The number of aryl methyl sites for hydroxylation is 1. The molecule has 35 heavy (non-hydrogen) atoms. The number of halogens is 1. The number of carbonyl (C=O) groups is 3. The number of rotatable bonds is 8. The highest BCUT2D eigenvalue weighted by Crippen LogP contribution is 2.20. The van der Waals surface area contributed by atoms with Crippen molar-refractivity contribution in [2.75, 3.05) is 23.7 Å². The van der Waals surface area contributed by atoms with Crippen molar-refractivity contribution in [2.24, 2.45) is 0 Å². The van der Waals surface area contributed by atoms with Crippen molar-refractivity contribution < 1.29 is 18.8 Å². The van der Waals surface area contributed by atoms with Crippen molar-refractivity contribution in [1.82, 2.24) is 14.7 Å². The van der Waals surface area contributed by atoms with Crippen molar-refractivity contribution in [3.63, 3.8) is 0 Å². The van der Waals surface area contributed by atoms with Gasteiger partial charge in [-0.1, -0.05) is 0 Å². The highest BCUT2D eigenvalue weighted by molar-refractivity contribution is 5.98. The molecule has 9 heteroatoms. The predicted octanol–water partition coefficient (Wildman–Crippen LogP) is 4.09. The molecule has 3 aromatic rings. The van der Waals surface area contributed by atoms with Gasteiger partial charge in [0.05, 0.1) is 11.4 Å². The van der Waals surface area contributed by atoms with Crippen molar-refractivity contribution >= 4 is 35.2 Å². The molecule has 0 bridgehead atoms. The maximum absolute atomic E-state index is 13.3. The molecule has 1 heterocycles. The van der Waals surface area contributed by atoms with Crippen LogP contribution >= 0.6 is 0 Å². The van der Waals surface area contributed by atoms with Crippen LogP contribution in [-0.4, -0.2) is 45.5 Å². The monoisotopic (exact) mass is 477 g/mol. The minimum absolute atomic E-state index is 0.111. The fourth-order valence-corrected chi connectivity index (χ4v) is 3.55. The zero-order valence-electron chi connectivity index (χ0n) is 20.1. The summed E-state index contributed by atoms with van der Waals surface area (Å²) in [6, 6.07) is 12.7. The van der Waals surface area contributed by atoms with Crippen LogP contribution in [0.2, 0.25) is 0 Å². The number of anilines is 2. The maximum Gasteiger partial charge on any atom is 0.247 e. The van der Waals surface area contributed by atoms with Gasteiger partial charge in [-0.3, -0.25) is 14.4 Å². The van der Waals surface area contributed by atoms with E-state index in [4.69, 9.17) is 0 Å². The lowest BCUT2D eigenvalue weighted by molar-refractivity contribution is -0.130. The van der Waals surface area contributed by atoms with E-state index >= 15 is 0 Å². The fourth-order valence-electron chi connectivity index (χ4n) is 3.55. The molecule has 0 saturated heterocycles. The molecule has 2 aromatic carbocycles. The molecule has 0 atom stereocenters. The maximum atomic E-state index is 13.3. The molecule has 8 nitrogen and oxygen atoms in total. The van der Waals surface area contributed by atoms with Crippen molar-refractivity contribution in [3.05, 3.63) is 77.4 Å². The van der Waals surface area contributed by atoms with Gasteiger partial charge in [0.1, 0.15) is 12.4 Å². The summed E-state index contributed by atoms with van der Waals surface area (Å²) in [4.78, 5) is 37.8. The second-order valence-corrected chi connectivity index (χ2v) is 7.97. The molecule has 0 fully saturated rings. The average molecular weight is 478 g/mol. The molecule has 3 rings (SSSR count). The van der Waals surface area contributed by atoms with Gasteiger partial charge < -0.3 is 15.5 Å². The number of amides is 3. The summed E-state index contributed by atoms with van der Waals surface area (Å²) in [6.07, 6.45) is 3.10. The van der Waals surface area contributed by atoms with Crippen LogP contribution in [0.25, 0.3) is 11.8 Å². The smallest absolute Gasteiger partial charge is 0.247 e. The van der Waals surface area contributed by atoms with Gasteiger partial charge >= 0.3 is 0 Å². The van der Waals surface area contributed by atoms with Crippen LogP contribution in [0.5, 0.6) is 0 Å². The predicted molar refractivity (Wildman–Crippen MR) is 134 cm³/mol. The van der Waals surface area contributed by atoms with E-state index in [9.17, 15) is 18.8 Å². The van der Waals surface area contributed by atoms with Crippen LogP contribution in [0.4, 0.5) is 15.8 Å². The first-order valence-electron chi connectivity index (χ1n) is 11.1. The van der Waals surface area contributed by atoms with Crippen LogP contribution in [-0.2, 0) is 14.4 Å². The number of hydrogen-bond donors (Lipinski definition) is 2. The van der Waals surface area contributed by atoms with Gasteiger partial charge in [-0.05, 0) is 75.4 Å². The summed E-state index contributed by atoms with van der Waals surface area (Å²) in [6.45, 7) is 7.16. The Morgan fingerprint density at radius 2 is 1.60 bits per heavy atom. The quantitative estimate of drug-likeness (QED) is 0.478. The van der Waals surface area contributed by atoms with Crippen molar-refractivity contribution in [2.45, 2.75) is 27.7 Å². The number of hydrogen-bond acceptors (Lipinski definition) is 4. The second-order valence-electron chi connectivity index (χ2n) is 7.97.